The van der Waals surface area contributed by atoms with Gasteiger partial charge in [0.1, 0.15) is 12.4 Å². The number of rotatable bonds is 5. The number of nitrogens with zero attached hydrogens (tertiary/aromatic N) is 4. The monoisotopic (exact) mass is 461 g/mol. The van der Waals surface area contributed by atoms with Crippen LogP contribution < -0.4 is 11.0 Å². The summed E-state index contributed by atoms with van der Waals surface area (Å²) in [6.07, 6.45) is 4.78. The zero-order chi connectivity index (χ0) is 22.9. The lowest BCUT2D eigenvalue weighted by Gasteiger charge is -2.34. The molecular weight excluding hydrogens is 430 g/mol. The summed E-state index contributed by atoms with van der Waals surface area (Å²) >= 11 is 0. The molecule has 1 amide bonds. The van der Waals surface area contributed by atoms with Gasteiger partial charge in [-0.3, -0.25) is 9.36 Å². The minimum Gasteiger partial charge on any atom is -0.324 e. The van der Waals surface area contributed by atoms with E-state index in [1.54, 1.807) is 21.0 Å². The second kappa shape index (κ2) is 9.19. The number of sulfonamides is 1. The maximum atomic E-state index is 13.0. The Kier molecular flexibility index (Phi) is 6.52. The highest BCUT2D eigenvalue weighted by atomic mass is 32.2. The first-order valence-corrected chi connectivity index (χ1v) is 12.7. The van der Waals surface area contributed by atoms with Crippen LogP contribution in [-0.2, 0) is 34.3 Å². The predicted octanol–water partition coefficient (Wildman–Crippen LogP) is 2.08. The van der Waals surface area contributed by atoms with E-state index >= 15 is 0 Å². The number of fused-ring (bicyclic) bond motifs is 1. The van der Waals surface area contributed by atoms with Gasteiger partial charge >= 0.3 is 5.69 Å². The quantitative estimate of drug-likeness (QED) is 0.734. The van der Waals surface area contributed by atoms with Crippen LogP contribution in [0.25, 0.3) is 0 Å². The lowest BCUT2D eigenvalue weighted by atomic mass is 9.94. The fourth-order valence-corrected chi connectivity index (χ4v) is 6.41. The number of hydrogen-bond donors (Lipinski definition) is 1. The van der Waals surface area contributed by atoms with Crippen molar-refractivity contribution < 1.29 is 13.2 Å². The fourth-order valence-electron chi connectivity index (χ4n) is 4.73. The van der Waals surface area contributed by atoms with Crippen LogP contribution in [0.15, 0.2) is 34.0 Å². The number of nitrogens with one attached hydrogen (secondary N) is 1. The number of aryl methyl sites for hydroxylation is 1. The maximum Gasteiger partial charge on any atom is 0.346 e. The van der Waals surface area contributed by atoms with Crippen molar-refractivity contribution in [2.45, 2.75) is 63.9 Å². The van der Waals surface area contributed by atoms with Gasteiger partial charge in [-0.25, -0.2) is 17.9 Å². The molecule has 4 rings (SSSR count). The summed E-state index contributed by atoms with van der Waals surface area (Å²) in [6.45, 7) is 5.65. The molecule has 1 aromatic carbocycles. The average Bonchev–Trinajstić information content (AvgIpc) is 2.90. The molecule has 2 aromatic rings. The first-order valence-electron chi connectivity index (χ1n) is 11.3. The minimum absolute atomic E-state index is 0.178. The van der Waals surface area contributed by atoms with E-state index in [1.165, 1.54) is 16.8 Å². The summed E-state index contributed by atoms with van der Waals surface area (Å²) in [4.78, 5) is 25.2. The zero-order valence-corrected chi connectivity index (χ0v) is 19.5. The van der Waals surface area contributed by atoms with Gasteiger partial charge in [0.2, 0.25) is 15.9 Å². The lowest BCUT2D eigenvalue weighted by Crippen LogP contribution is -2.42. The topological polar surface area (TPSA) is 106 Å². The molecule has 0 saturated carbocycles. The highest BCUT2D eigenvalue weighted by Gasteiger charge is 2.31. The smallest absolute Gasteiger partial charge is 0.324 e. The van der Waals surface area contributed by atoms with Crippen LogP contribution >= 0.6 is 0 Å². The number of piperidine rings is 1. The van der Waals surface area contributed by atoms with Crippen molar-refractivity contribution in [2.24, 2.45) is 11.8 Å². The van der Waals surface area contributed by atoms with Gasteiger partial charge in [-0.1, -0.05) is 20.3 Å². The van der Waals surface area contributed by atoms with Gasteiger partial charge in [-0.15, -0.1) is 0 Å². The van der Waals surface area contributed by atoms with Crippen molar-refractivity contribution in [2.75, 3.05) is 18.4 Å². The zero-order valence-electron chi connectivity index (χ0n) is 18.7. The van der Waals surface area contributed by atoms with Crippen LogP contribution in [0.1, 0.15) is 45.4 Å². The van der Waals surface area contributed by atoms with Gasteiger partial charge in [-0.05, 0) is 55.4 Å². The van der Waals surface area contributed by atoms with E-state index in [4.69, 9.17) is 0 Å². The summed E-state index contributed by atoms with van der Waals surface area (Å²) in [5.74, 6) is 1.01. The molecule has 9 nitrogen and oxygen atoms in total. The van der Waals surface area contributed by atoms with Crippen LogP contribution in [0.5, 0.6) is 0 Å². The van der Waals surface area contributed by atoms with Crippen LogP contribution in [0.4, 0.5) is 5.69 Å². The largest absolute Gasteiger partial charge is 0.346 e. The highest BCUT2D eigenvalue weighted by Crippen LogP contribution is 2.27. The van der Waals surface area contributed by atoms with E-state index in [0.717, 1.165) is 37.9 Å². The first-order chi connectivity index (χ1) is 15.2. The summed E-state index contributed by atoms with van der Waals surface area (Å²) in [6, 6.07) is 6.18. The summed E-state index contributed by atoms with van der Waals surface area (Å²) in [5, 5.41) is 7.05. The first kappa shape index (κ1) is 22.7. The van der Waals surface area contributed by atoms with E-state index in [-0.39, 0.29) is 23.0 Å². The second-order valence-electron chi connectivity index (χ2n) is 9.16. The molecule has 0 aliphatic carbocycles. The number of carbonyl (C=O) groups is 1. The molecule has 1 fully saturated rings. The van der Waals surface area contributed by atoms with Crippen molar-refractivity contribution in [3.8, 4) is 0 Å². The molecule has 0 bridgehead atoms. The normalized spacial score (nSPS) is 22.2. The van der Waals surface area contributed by atoms with Gasteiger partial charge in [-0.2, -0.15) is 9.40 Å². The molecule has 0 radical (unpaired) electrons. The van der Waals surface area contributed by atoms with Crippen molar-refractivity contribution in [3.05, 3.63) is 40.6 Å². The molecule has 10 heteroatoms. The highest BCUT2D eigenvalue weighted by molar-refractivity contribution is 7.89. The van der Waals surface area contributed by atoms with Gasteiger partial charge in [0, 0.05) is 31.7 Å². The summed E-state index contributed by atoms with van der Waals surface area (Å²) in [5.41, 5.74) is 0.214. The molecule has 2 aliphatic heterocycles. The Morgan fingerprint density at radius 1 is 1.09 bits per heavy atom. The SMILES string of the molecule is C[C@H]1C[C@H](C)CN(S(=O)(=O)c2ccc(NC(=O)Cn3nc4n(c3=O)CCCCC4)cc2)C1. The Labute approximate surface area is 188 Å². The molecule has 32 heavy (non-hydrogen) atoms. The lowest BCUT2D eigenvalue weighted by molar-refractivity contribution is -0.117. The Morgan fingerprint density at radius 3 is 2.47 bits per heavy atom. The van der Waals surface area contributed by atoms with Crippen LogP contribution in [0, 0.1) is 11.8 Å². The molecular formula is C22H31N5O4S. The molecule has 1 N–H and O–H groups in total. The molecule has 3 heterocycles. The molecule has 2 atom stereocenters. The number of anilines is 1. The van der Waals surface area contributed by atoms with Crippen LogP contribution in [0.2, 0.25) is 0 Å². The third-order valence-corrected chi connectivity index (χ3v) is 8.03. The average molecular weight is 462 g/mol. The van der Waals surface area contributed by atoms with E-state index in [1.807, 2.05) is 0 Å². The number of hydrogen-bond acceptors (Lipinski definition) is 5. The molecule has 2 aliphatic rings. The maximum absolute atomic E-state index is 13.0. The molecule has 174 valence electrons. The summed E-state index contributed by atoms with van der Waals surface area (Å²) in [7, 11) is -3.57. The Balaban J connectivity index is 1.42. The molecule has 1 saturated heterocycles. The number of carbonyl (C=O) groups excluding carboxylic acids is 1. The van der Waals surface area contributed by atoms with Crippen molar-refractivity contribution in [3.63, 3.8) is 0 Å². The number of benzene rings is 1. The minimum atomic E-state index is -3.57. The standard InChI is InChI=1S/C22H31N5O4S/c1-16-12-17(2)14-25(13-16)32(30,31)19-9-7-18(8-10-19)23-21(28)15-27-22(29)26-11-5-3-4-6-20(26)24-27/h7-10,16-17H,3-6,11-15H2,1-2H3,(H,23,28)/t16-,17-/m0/s1. The van der Waals surface area contributed by atoms with Crippen molar-refractivity contribution in [1.29, 1.82) is 0 Å². The third-order valence-electron chi connectivity index (χ3n) is 6.19. The summed E-state index contributed by atoms with van der Waals surface area (Å²) < 4.78 is 30.4. The second-order valence-corrected chi connectivity index (χ2v) is 11.1. The Hall–Kier alpha value is -2.46. The Morgan fingerprint density at radius 2 is 1.78 bits per heavy atom. The Bertz CT molecular complexity index is 1130. The van der Waals surface area contributed by atoms with Crippen LogP contribution in [0.3, 0.4) is 0 Å². The van der Waals surface area contributed by atoms with E-state index in [9.17, 15) is 18.0 Å². The van der Waals surface area contributed by atoms with Crippen LogP contribution in [-0.4, -0.2) is 46.1 Å². The van der Waals surface area contributed by atoms with Gasteiger partial charge in [0.25, 0.3) is 0 Å². The number of amides is 1. The third kappa shape index (κ3) is 4.80. The molecule has 0 spiro atoms. The van der Waals surface area contributed by atoms with Crippen molar-refractivity contribution >= 4 is 21.6 Å². The van der Waals surface area contributed by atoms with E-state index in [0.29, 0.717) is 37.2 Å². The van der Waals surface area contributed by atoms with E-state index in [2.05, 4.69) is 24.3 Å². The van der Waals surface area contributed by atoms with Gasteiger partial charge < -0.3 is 5.32 Å². The number of aromatic nitrogens is 3. The fraction of sp³-hybridized carbons (Fsp3) is 0.591. The predicted molar refractivity (Wildman–Crippen MR) is 121 cm³/mol. The molecule has 1 aromatic heterocycles. The van der Waals surface area contributed by atoms with Gasteiger partial charge in [0.05, 0.1) is 4.90 Å². The molecule has 0 unspecified atom stereocenters. The van der Waals surface area contributed by atoms with Crippen molar-refractivity contribution in [1.82, 2.24) is 18.7 Å². The van der Waals surface area contributed by atoms with E-state index < -0.39 is 10.0 Å². The van der Waals surface area contributed by atoms with Gasteiger partial charge in [0.15, 0.2) is 0 Å².